The van der Waals surface area contributed by atoms with Crippen LogP contribution < -0.4 is 4.74 Å². The summed E-state index contributed by atoms with van der Waals surface area (Å²) in [5.74, 6) is 6.85. The highest BCUT2D eigenvalue weighted by atomic mass is 16.5. The second-order valence-electron chi connectivity index (χ2n) is 3.24. The van der Waals surface area contributed by atoms with Crippen molar-refractivity contribution >= 4 is 10.8 Å². The maximum absolute atomic E-state index is 5.30. The van der Waals surface area contributed by atoms with E-state index in [-0.39, 0.29) is 0 Å². The summed E-state index contributed by atoms with van der Waals surface area (Å²) in [5.41, 5.74) is 0.970. The van der Waals surface area contributed by atoms with E-state index < -0.39 is 0 Å². The largest absolute Gasteiger partial charge is 0.495 e. The summed E-state index contributed by atoms with van der Waals surface area (Å²) in [4.78, 5) is 0. The van der Waals surface area contributed by atoms with Gasteiger partial charge in [-0.1, -0.05) is 36.3 Å². The lowest BCUT2D eigenvalue weighted by atomic mass is 10.0. The van der Waals surface area contributed by atoms with Gasteiger partial charge in [0, 0.05) is 5.39 Å². The lowest BCUT2D eigenvalue weighted by molar-refractivity contribution is 0.414. The second kappa shape index (κ2) is 4.06. The minimum atomic E-state index is 0.836. The molecule has 0 heterocycles. The minimum absolute atomic E-state index is 0.836. The molecule has 0 spiro atoms. The Morgan fingerprint density at radius 2 is 1.87 bits per heavy atom. The van der Waals surface area contributed by atoms with Crippen LogP contribution in [0.5, 0.6) is 5.75 Å². The Morgan fingerprint density at radius 1 is 1.07 bits per heavy atom. The van der Waals surface area contributed by atoms with Crippen LogP contribution in [-0.4, -0.2) is 7.11 Å². The Hall–Kier alpha value is -1.94. The molecular formula is C14H12O. The van der Waals surface area contributed by atoms with Crippen LogP contribution in [0.3, 0.4) is 0 Å². The Kier molecular flexibility index (Phi) is 2.60. The lowest BCUT2D eigenvalue weighted by Crippen LogP contribution is -1.89. The molecule has 0 bridgehead atoms. The molecule has 0 N–H and O–H groups in total. The molecule has 15 heavy (non-hydrogen) atoms. The fraction of sp³-hybridized carbons (Fsp3) is 0.143. The summed E-state index contributed by atoms with van der Waals surface area (Å²) in [6.07, 6.45) is 0. The molecule has 0 unspecified atom stereocenters. The van der Waals surface area contributed by atoms with Gasteiger partial charge in [-0.3, -0.25) is 0 Å². The number of fused-ring (bicyclic) bond motifs is 1. The summed E-state index contributed by atoms with van der Waals surface area (Å²) in [5, 5.41) is 2.34. The SMILES string of the molecule is CC#Cc1c(OC)ccc2ccccc12. The van der Waals surface area contributed by atoms with E-state index in [1.807, 2.05) is 25.1 Å². The molecule has 0 saturated heterocycles. The minimum Gasteiger partial charge on any atom is -0.495 e. The summed E-state index contributed by atoms with van der Waals surface area (Å²) < 4.78 is 5.30. The summed E-state index contributed by atoms with van der Waals surface area (Å²) in [6.45, 7) is 1.83. The number of methoxy groups -OCH3 is 1. The van der Waals surface area contributed by atoms with E-state index in [9.17, 15) is 0 Å². The van der Waals surface area contributed by atoms with E-state index in [0.29, 0.717) is 0 Å². The average molecular weight is 196 g/mol. The van der Waals surface area contributed by atoms with Gasteiger partial charge in [0.2, 0.25) is 0 Å². The maximum atomic E-state index is 5.30. The van der Waals surface area contributed by atoms with Crippen molar-refractivity contribution in [2.75, 3.05) is 7.11 Å². The van der Waals surface area contributed by atoms with Crippen molar-refractivity contribution < 1.29 is 4.74 Å². The Bertz CT molecular complexity index is 544. The van der Waals surface area contributed by atoms with Gasteiger partial charge >= 0.3 is 0 Å². The standard InChI is InChI=1S/C14H12O/c1-3-6-13-12-8-5-4-7-11(12)9-10-14(13)15-2/h4-5,7-10H,1-2H3. The number of hydrogen-bond acceptors (Lipinski definition) is 1. The number of ether oxygens (including phenoxy) is 1. The fourth-order valence-corrected chi connectivity index (χ4v) is 1.68. The molecule has 0 aliphatic rings. The molecule has 2 aromatic carbocycles. The van der Waals surface area contributed by atoms with Crippen molar-refractivity contribution in [3.8, 4) is 17.6 Å². The van der Waals surface area contributed by atoms with Crippen molar-refractivity contribution in [3.63, 3.8) is 0 Å². The van der Waals surface area contributed by atoms with Crippen molar-refractivity contribution in [2.24, 2.45) is 0 Å². The molecule has 1 nitrogen and oxygen atoms in total. The van der Waals surface area contributed by atoms with Crippen LogP contribution in [0.25, 0.3) is 10.8 Å². The highest BCUT2D eigenvalue weighted by Crippen LogP contribution is 2.26. The van der Waals surface area contributed by atoms with E-state index in [0.717, 1.165) is 16.7 Å². The third kappa shape index (κ3) is 1.67. The van der Waals surface area contributed by atoms with E-state index in [4.69, 9.17) is 4.74 Å². The zero-order valence-corrected chi connectivity index (χ0v) is 8.87. The van der Waals surface area contributed by atoms with E-state index in [1.54, 1.807) is 7.11 Å². The van der Waals surface area contributed by atoms with E-state index in [2.05, 4.69) is 30.0 Å². The van der Waals surface area contributed by atoms with Crippen LogP contribution in [0, 0.1) is 11.8 Å². The quantitative estimate of drug-likeness (QED) is 0.636. The predicted octanol–water partition coefficient (Wildman–Crippen LogP) is 3.22. The molecular weight excluding hydrogens is 184 g/mol. The third-order valence-electron chi connectivity index (χ3n) is 2.36. The van der Waals surface area contributed by atoms with Crippen molar-refractivity contribution in [1.29, 1.82) is 0 Å². The van der Waals surface area contributed by atoms with Crippen LogP contribution in [0.1, 0.15) is 12.5 Å². The molecule has 0 aliphatic carbocycles. The topological polar surface area (TPSA) is 9.23 Å². The third-order valence-corrected chi connectivity index (χ3v) is 2.36. The molecule has 0 radical (unpaired) electrons. The van der Waals surface area contributed by atoms with Gasteiger partial charge in [0.1, 0.15) is 5.75 Å². The molecule has 0 amide bonds. The van der Waals surface area contributed by atoms with Gasteiger partial charge in [0.25, 0.3) is 0 Å². The second-order valence-corrected chi connectivity index (χ2v) is 3.24. The Labute approximate surface area is 89.7 Å². The molecule has 0 fully saturated rings. The lowest BCUT2D eigenvalue weighted by Gasteiger charge is -2.06. The predicted molar refractivity (Wildman–Crippen MR) is 63.1 cm³/mol. The van der Waals surface area contributed by atoms with Gasteiger partial charge in [-0.05, 0) is 18.4 Å². The van der Waals surface area contributed by atoms with Crippen molar-refractivity contribution in [2.45, 2.75) is 6.92 Å². The first kappa shape index (κ1) is 9.61. The highest BCUT2D eigenvalue weighted by molar-refractivity contribution is 5.90. The first-order valence-corrected chi connectivity index (χ1v) is 4.85. The smallest absolute Gasteiger partial charge is 0.135 e. The molecule has 1 heteroatoms. The number of benzene rings is 2. The normalized spacial score (nSPS) is 9.47. The molecule has 0 aliphatic heterocycles. The summed E-state index contributed by atoms with van der Waals surface area (Å²) in [7, 11) is 1.67. The summed E-state index contributed by atoms with van der Waals surface area (Å²) in [6, 6.07) is 12.2. The van der Waals surface area contributed by atoms with Gasteiger partial charge in [-0.25, -0.2) is 0 Å². The van der Waals surface area contributed by atoms with Gasteiger partial charge in [-0.15, -0.1) is 5.92 Å². The number of rotatable bonds is 1. The molecule has 2 aromatic rings. The van der Waals surface area contributed by atoms with E-state index in [1.165, 1.54) is 5.39 Å². The molecule has 0 aromatic heterocycles. The zero-order valence-electron chi connectivity index (χ0n) is 8.87. The first-order chi connectivity index (χ1) is 7.36. The van der Waals surface area contributed by atoms with Gasteiger partial charge in [0.05, 0.1) is 12.7 Å². The molecule has 2 rings (SSSR count). The Balaban J connectivity index is 2.82. The van der Waals surface area contributed by atoms with Crippen molar-refractivity contribution in [3.05, 3.63) is 42.0 Å². The number of hydrogen-bond donors (Lipinski definition) is 0. The van der Waals surface area contributed by atoms with Gasteiger partial charge < -0.3 is 4.74 Å². The van der Waals surface area contributed by atoms with Crippen LogP contribution in [0.4, 0.5) is 0 Å². The summed E-state index contributed by atoms with van der Waals surface area (Å²) >= 11 is 0. The average Bonchev–Trinajstić information content (AvgIpc) is 2.30. The monoisotopic (exact) mass is 196 g/mol. The van der Waals surface area contributed by atoms with Gasteiger partial charge in [-0.2, -0.15) is 0 Å². The van der Waals surface area contributed by atoms with Crippen LogP contribution in [-0.2, 0) is 0 Å². The molecule has 0 atom stereocenters. The van der Waals surface area contributed by atoms with Crippen LogP contribution in [0.2, 0.25) is 0 Å². The Morgan fingerprint density at radius 3 is 2.60 bits per heavy atom. The molecule has 74 valence electrons. The highest BCUT2D eigenvalue weighted by Gasteiger charge is 2.04. The van der Waals surface area contributed by atoms with E-state index >= 15 is 0 Å². The maximum Gasteiger partial charge on any atom is 0.135 e. The van der Waals surface area contributed by atoms with Crippen LogP contribution in [0.15, 0.2) is 36.4 Å². The molecule has 0 saturated carbocycles. The first-order valence-electron chi connectivity index (χ1n) is 4.85. The fourth-order valence-electron chi connectivity index (χ4n) is 1.68. The van der Waals surface area contributed by atoms with Crippen LogP contribution >= 0.6 is 0 Å². The van der Waals surface area contributed by atoms with Crippen molar-refractivity contribution in [1.82, 2.24) is 0 Å². The zero-order chi connectivity index (χ0) is 10.7. The van der Waals surface area contributed by atoms with Gasteiger partial charge in [0.15, 0.2) is 0 Å².